The van der Waals surface area contributed by atoms with E-state index in [1.54, 1.807) is 10.9 Å². The van der Waals surface area contributed by atoms with Crippen LogP contribution in [0.2, 0.25) is 5.15 Å². The van der Waals surface area contributed by atoms with Gasteiger partial charge in [0.1, 0.15) is 11.0 Å². The van der Waals surface area contributed by atoms with Crippen molar-refractivity contribution in [1.82, 2.24) is 19.7 Å². The summed E-state index contributed by atoms with van der Waals surface area (Å²) in [5.74, 6) is 0.00792. The molecule has 0 bridgehead atoms. The van der Waals surface area contributed by atoms with E-state index in [1.165, 1.54) is 0 Å². The van der Waals surface area contributed by atoms with Crippen LogP contribution < -0.4 is 11.5 Å². The van der Waals surface area contributed by atoms with E-state index in [0.29, 0.717) is 17.5 Å². The number of carbonyl (C=O) groups is 1. The van der Waals surface area contributed by atoms with E-state index in [2.05, 4.69) is 10.1 Å². The van der Waals surface area contributed by atoms with Gasteiger partial charge in [-0.25, -0.2) is 9.97 Å². The molecule has 0 aliphatic heterocycles. The Labute approximate surface area is 191 Å². The second-order valence-corrected chi connectivity index (χ2v) is 8.10. The van der Waals surface area contributed by atoms with E-state index in [0.717, 1.165) is 44.8 Å². The fourth-order valence-corrected chi connectivity index (χ4v) is 3.79. The summed E-state index contributed by atoms with van der Waals surface area (Å²) in [4.78, 5) is 20.1. The molecule has 0 aliphatic rings. The van der Waals surface area contributed by atoms with Crippen LogP contribution in [0.25, 0.3) is 33.5 Å². The summed E-state index contributed by atoms with van der Waals surface area (Å²) < 4.78 is 1.67. The molecule has 0 unspecified atom stereocenters. The Hall–Kier alpha value is -3.71. The molecule has 0 spiro atoms. The fourth-order valence-electron chi connectivity index (χ4n) is 3.54. The Morgan fingerprint density at radius 1 is 1.00 bits per heavy atom. The summed E-state index contributed by atoms with van der Waals surface area (Å²) in [6, 6.07) is 13.9. The van der Waals surface area contributed by atoms with Crippen LogP contribution in [0.1, 0.15) is 17.7 Å². The van der Waals surface area contributed by atoms with Crippen molar-refractivity contribution in [3.05, 3.63) is 71.3 Å². The molecule has 32 heavy (non-hydrogen) atoms. The fraction of sp³-hybridized carbons (Fsp3) is 0.167. The highest BCUT2D eigenvalue weighted by Crippen LogP contribution is 2.37. The van der Waals surface area contributed by atoms with Crippen LogP contribution >= 0.6 is 11.6 Å². The molecule has 0 saturated carbocycles. The van der Waals surface area contributed by atoms with Gasteiger partial charge in [0.2, 0.25) is 5.91 Å². The molecule has 1 amide bonds. The molecule has 3 aromatic heterocycles. The van der Waals surface area contributed by atoms with E-state index < -0.39 is 0 Å². The van der Waals surface area contributed by atoms with Gasteiger partial charge in [0.05, 0.1) is 11.9 Å². The number of carbonyl (C=O) groups excluding carboxylic acids is 1. The largest absolute Gasteiger partial charge is 0.383 e. The Morgan fingerprint density at radius 2 is 1.75 bits per heavy atom. The third-order valence-electron chi connectivity index (χ3n) is 5.14. The zero-order chi connectivity index (χ0) is 22.8. The van der Waals surface area contributed by atoms with Crippen LogP contribution in [0, 0.1) is 13.8 Å². The quantitative estimate of drug-likeness (QED) is 0.426. The summed E-state index contributed by atoms with van der Waals surface area (Å²) >= 11 is 6.26. The molecule has 3 heterocycles. The van der Waals surface area contributed by atoms with Gasteiger partial charge in [-0.2, -0.15) is 5.10 Å². The highest BCUT2D eigenvalue weighted by Gasteiger charge is 2.17. The molecular formula is C24H23ClN6O. The van der Waals surface area contributed by atoms with E-state index in [9.17, 15) is 4.79 Å². The number of hydrogen-bond acceptors (Lipinski definition) is 5. The highest BCUT2D eigenvalue weighted by atomic mass is 35.5. The zero-order valence-electron chi connectivity index (χ0n) is 17.8. The summed E-state index contributed by atoms with van der Waals surface area (Å²) in [5, 5.41) is 4.73. The molecule has 162 valence electrons. The monoisotopic (exact) mass is 446 g/mol. The first-order valence-electron chi connectivity index (χ1n) is 10.1. The van der Waals surface area contributed by atoms with E-state index in [1.807, 2.05) is 62.5 Å². The number of rotatable bonds is 6. The second kappa shape index (κ2) is 8.80. The molecule has 4 N–H and O–H groups in total. The number of nitrogens with zero attached hydrogens (tertiary/aromatic N) is 4. The average Bonchev–Trinajstić information content (AvgIpc) is 3.20. The normalized spacial score (nSPS) is 11.0. The Bertz CT molecular complexity index is 1280. The molecule has 0 saturated heterocycles. The van der Waals surface area contributed by atoms with Gasteiger partial charge < -0.3 is 11.5 Å². The van der Waals surface area contributed by atoms with Gasteiger partial charge in [0.15, 0.2) is 0 Å². The van der Waals surface area contributed by atoms with Crippen molar-refractivity contribution in [2.75, 3.05) is 5.73 Å². The minimum Gasteiger partial charge on any atom is -0.383 e. The van der Waals surface area contributed by atoms with Gasteiger partial charge in [-0.15, -0.1) is 0 Å². The second-order valence-electron chi connectivity index (χ2n) is 7.71. The predicted molar refractivity (Wildman–Crippen MR) is 127 cm³/mol. The van der Waals surface area contributed by atoms with Crippen molar-refractivity contribution in [1.29, 1.82) is 0 Å². The van der Waals surface area contributed by atoms with Gasteiger partial charge in [0.25, 0.3) is 0 Å². The third kappa shape index (κ3) is 4.63. The van der Waals surface area contributed by atoms with Crippen LogP contribution in [-0.4, -0.2) is 25.7 Å². The number of aryl methyl sites for hydroxylation is 3. The average molecular weight is 447 g/mol. The van der Waals surface area contributed by atoms with Crippen molar-refractivity contribution in [2.45, 2.75) is 26.8 Å². The van der Waals surface area contributed by atoms with Crippen molar-refractivity contribution < 1.29 is 4.79 Å². The molecule has 1 aromatic carbocycles. The molecule has 4 aromatic rings. The summed E-state index contributed by atoms with van der Waals surface area (Å²) in [6.45, 7) is 4.34. The number of amides is 1. The van der Waals surface area contributed by atoms with Crippen molar-refractivity contribution in [3.63, 3.8) is 0 Å². The van der Waals surface area contributed by atoms with Crippen molar-refractivity contribution >= 4 is 23.3 Å². The number of nitrogens with two attached hydrogens (primary N) is 2. The molecule has 4 rings (SSSR count). The summed E-state index contributed by atoms with van der Waals surface area (Å²) in [7, 11) is 0. The minimum absolute atomic E-state index is 0.210. The van der Waals surface area contributed by atoms with Gasteiger partial charge in [-0.1, -0.05) is 41.4 Å². The first-order chi connectivity index (χ1) is 15.3. The minimum atomic E-state index is -0.377. The van der Waals surface area contributed by atoms with Gasteiger partial charge in [0, 0.05) is 47.1 Å². The van der Waals surface area contributed by atoms with Crippen LogP contribution in [0.5, 0.6) is 0 Å². The first kappa shape index (κ1) is 21.5. The summed E-state index contributed by atoms with van der Waals surface area (Å²) in [6.07, 6.45) is 3.74. The first-order valence-corrected chi connectivity index (χ1v) is 10.5. The molecule has 0 radical (unpaired) electrons. The molecule has 7 nitrogen and oxygen atoms in total. The highest BCUT2D eigenvalue weighted by molar-refractivity contribution is 6.29. The summed E-state index contributed by atoms with van der Waals surface area (Å²) in [5.41, 5.74) is 18.6. The number of anilines is 1. The van der Waals surface area contributed by atoms with Crippen LogP contribution in [0.4, 0.5) is 5.82 Å². The number of hydrogen-bond donors (Lipinski definition) is 2. The standard InChI is InChI=1S/C24H23ClN6O/c1-14-3-5-16(6-4-14)23-19(17-9-15(2)29-21(25)10-17)11-20(24(27)30-23)18-12-28-31(13-18)8-7-22(26)32/h3-6,9-13H,7-8H2,1-2H3,(H2,26,32)(H2,27,30). The van der Waals surface area contributed by atoms with E-state index in [4.69, 9.17) is 28.1 Å². The number of aromatic nitrogens is 4. The Balaban J connectivity index is 1.87. The molecule has 8 heteroatoms. The maximum absolute atomic E-state index is 11.1. The van der Waals surface area contributed by atoms with Crippen LogP contribution in [0.15, 0.2) is 54.9 Å². The topological polar surface area (TPSA) is 113 Å². The maximum atomic E-state index is 11.1. The van der Waals surface area contributed by atoms with Gasteiger partial charge in [-0.3, -0.25) is 9.48 Å². The number of pyridine rings is 2. The lowest BCUT2D eigenvalue weighted by Crippen LogP contribution is -2.14. The van der Waals surface area contributed by atoms with Crippen LogP contribution in [0.3, 0.4) is 0 Å². The third-order valence-corrected chi connectivity index (χ3v) is 5.34. The zero-order valence-corrected chi connectivity index (χ0v) is 18.6. The van der Waals surface area contributed by atoms with Gasteiger partial charge >= 0.3 is 0 Å². The molecule has 0 fully saturated rings. The maximum Gasteiger partial charge on any atom is 0.219 e. The molecule has 0 atom stereocenters. The SMILES string of the molecule is Cc1ccc(-c2nc(N)c(-c3cnn(CCC(N)=O)c3)cc2-c2cc(C)nc(Cl)c2)cc1. The van der Waals surface area contributed by atoms with E-state index in [-0.39, 0.29) is 12.3 Å². The lowest BCUT2D eigenvalue weighted by molar-refractivity contribution is -0.118. The lowest BCUT2D eigenvalue weighted by atomic mass is 9.96. The number of halogens is 1. The Morgan fingerprint density at radius 3 is 2.44 bits per heavy atom. The van der Waals surface area contributed by atoms with E-state index >= 15 is 0 Å². The van der Waals surface area contributed by atoms with Crippen molar-refractivity contribution in [2.24, 2.45) is 5.73 Å². The smallest absolute Gasteiger partial charge is 0.219 e. The van der Waals surface area contributed by atoms with Crippen molar-refractivity contribution in [3.8, 4) is 33.5 Å². The Kier molecular flexibility index (Phi) is 5.92. The predicted octanol–water partition coefficient (Wildman–Crippen LogP) is 4.40. The van der Waals surface area contributed by atoms with Crippen LogP contribution in [-0.2, 0) is 11.3 Å². The number of benzene rings is 1. The van der Waals surface area contributed by atoms with Gasteiger partial charge in [-0.05, 0) is 37.6 Å². The lowest BCUT2D eigenvalue weighted by Gasteiger charge is -2.14. The molecule has 0 aliphatic carbocycles. The molecular weight excluding hydrogens is 424 g/mol. The number of primary amides is 1. The number of nitrogen functional groups attached to an aromatic ring is 1.